The monoisotopic (exact) mass is 476 g/mol. The van der Waals surface area contributed by atoms with Gasteiger partial charge in [-0.2, -0.15) is 11.1 Å². The number of amides is 1. The first kappa shape index (κ1) is 21.6. The van der Waals surface area contributed by atoms with Crippen LogP contribution in [0.15, 0.2) is 42.5 Å². The second-order valence-corrected chi connectivity index (χ2v) is 10.5. The van der Waals surface area contributed by atoms with Gasteiger partial charge in [0.2, 0.25) is 0 Å². The molecule has 3 saturated heterocycles. The Labute approximate surface area is 204 Å². The number of rotatable bonds is 4. The number of hydrogen-bond donors (Lipinski definition) is 5. The Kier molecular flexibility index (Phi) is 5.22. The Balaban J connectivity index is 0.969. The van der Waals surface area contributed by atoms with E-state index in [9.17, 15) is 4.79 Å². The van der Waals surface area contributed by atoms with Gasteiger partial charge in [-0.25, -0.2) is 10.9 Å². The van der Waals surface area contributed by atoms with Crippen molar-refractivity contribution in [3.05, 3.63) is 59.2 Å². The first-order valence-electron chi connectivity index (χ1n) is 12.8. The van der Waals surface area contributed by atoms with Crippen molar-refractivity contribution in [3.63, 3.8) is 0 Å². The van der Waals surface area contributed by atoms with E-state index in [1.807, 2.05) is 11.0 Å². The molecular weight excluding hydrogens is 444 g/mol. The second kappa shape index (κ2) is 8.46. The molecule has 9 nitrogen and oxygen atoms in total. The first-order valence-corrected chi connectivity index (χ1v) is 12.8. The number of carbonyl (C=O) groups is 1. The highest BCUT2D eigenvalue weighted by Gasteiger charge is 2.55. The van der Waals surface area contributed by atoms with Crippen molar-refractivity contribution in [2.24, 2.45) is 5.41 Å². The molecule has 3 atom stereocenters. The van der Waals surface area contributed by atoms with Crippen molar-refractivity contribution in [1.82, 2.24) is 26.8 Å². The van der Waals surface area contributed by atoms with Gasteiger partial charge in [0, 0.05) is 25.3 Å². The largest absolute Gasteiger partial charge is 0.464 e. The van der Waals surface area contributed by atoms with Crippen LogP contribution in [0.4, 0.5) is 5.69 Å². The molecule has 1 amide bonds. The summed E-state index contributed by atoms with van der Waals surface area (Å²) in [5, 5.41) is 3.51. The third-order valence-corrected chi connectivity index (χ3v) is 8.47. The molecule has 4 heterocycles. The van der Waals surface area contributed by atoms with E-state index in [-0.39, 0.29) is 24.4 Å². The number of nitrogens with one attached hydrogen (secondary N) is 5. The van der Waals surface area contributed by atoms with Crippen LogP contribution in [0.25, 0.3) is 0 Å². The second-order valence-electron chi connectivity index (χ2n) is 10.5. The summed E-state index contributed by atoms with van der Waals surface area (Å²) in [6.45, 7) is 2.46. The Bertz CT molecular complexity index is 1100. The number of ether oxygens (including phenoxy) is 2. The zero-order chi connectivity index (χ0) is 23.4. The number of likely N-dealkylation sites (tertiary alicyclic amines) is 1. The fraction of sp³-hybridized carbons (Fsp3) is 0.500. The van der Waals surface area contributed by atoms with Crippen LogP contribution in [0.5, 0.6) is 5.75 Å². The van der Waals surface area contributed by atoms with Gasteiger partial charge in [0.1, 0.15) is 18.0 Å². The number of hydrogen-bond acceptors (Lipinski definition) is 8. The van der Waals surface area contributed by atoms with Gasteiger partial charge >= 0.3 is 0 Å². The maximum Gasteiger partial charge on any atom is 0.251 e. The molecular formula is C26H32N6O3. The minimum absolute atomic E-state index is 0.00711. The number of carbonyl (C=O) groups excluding carboxylic acids is 1. The number of piperidine rings is 1. The predicted molar refractivity (Wildman–Crippen MR) is 130 cm³/mol. The summed E-state index contributed by atoms with van der Waals surface area (Å²) < 4.78 is 11.8. The van der Waals surface area contributed by atoms with Gasteiger partial charge in [-0.1, -0.05) is 30.3 Å². The molecule has 5 aliphatic rings. The van der Waals surface area contributed by atoms with Crippen LogP contribution >= 0.6 is 0 Å². The molecule has 4 fully saturated rings. The fourth-order valence-electron chi connectivity index (χ4n) is 6.23. The van der Waals surface area contributed by atoms with Gasteiger partial charge in [0.25, 0.3) is 5.91 Å². The molecule has 1 saturated carbocycles. The van der Waals surface area contributed by atoms with E-state index in [1.54, 1.807) is 0 Å². The molecule has 4 aliphatic heterocycles. The maximum atomic E-state index is 12.7. The average Bonchev–Trinajstić information content (AvgIpc) is 3.44. The minimum Gasteiger partial charge on any atom is -0.464 e. The lowest BCUT2D eigenvalue weighted by molar-refractivity contribution is -0.142. The summed E-state index contributed by atoms with van der Waals surface area (Å²) in [4.78, 5) is 14.7. The summed E-state index contributed by atoms with van der Waals surface area (Å²) in [6.07, 6.45) is 4.92. The zero-order valence-electron chi connectivity index (χ0n) is 19.7. The number of fused-ring (bicyclic) bond motifs is 1. The third-order valence-electron chi connectivity index (χ3n) is 8.47. The summed E-state index contributed by atoms with van der Waals surface area (Å²) >= 11 is 0. The molecule has 184 valence electrons. The number of anilines is 1. The highest BCUT2D eigenvalue weighted by molar-refractivity contribution is 5.81. The quantitative estimate of drug-likeness (QED) is 0.459. The molecule has 0 aromatic heterocycles. The maximum absolute atomic E-state index is 12.7. The van der Waals surface area contributed by atoms with Crippen molar-refractivity contribution < 1.29 is 14.3 Å². The molecule has 5 N–H and O–H groups in total. The van der Waals surface area contributed by atoms with Gasteiger partial charge in [-0.3, -0.25) is 4.79 Å². The van der Waals surface area contributed by atoms with Crippen LogP contribution in [-0.2, 0) is 9.53 Å². The van der Waals surface area contributed by atoms with Gasteiger partial charge in [0.15, 0.2) is 6.23 Å². The molecule has 9 heteroatoms. The molecule has 7 rings (SSSR count). The van der Waals surface area contributed by atoms with Crippen LogP contribution in [0.3, 0.4) is 0 Å². The van der Waals surface area contributed by atoms with E-state index in [4.69, 9.17) is 9.47 Å². The SMILES string of the molecule is O=C([C@H]1CCCO1)N1CCC2(CC1)C[C@@H]2c1ccc(C2Nc3cc(C4NNNN4)ccc3O2)cc1. The Hall–Kier alpha value is -2.69. The summed E-state index contributed by atoms with van der Waals surface area (Å²) in [5.41, 5.74) is 16.9. The van der Waals surface area contributed by atoms with Crippen LogP contribution in [0, 0.1) is 5.41 Å². The third kappa shape index (κ3) is 3.88. The minimum atomic E-state index is -0.194. The zero-order valence-corrected chi connectivity index (χ0v) is 19.7. The Morgan fingerprint density at radius 3 is 2.46 bits per heavy atom. The lowest BCUT2D eigenvalue weighted by Gasteiger charge is -2.34. The van der Waals surface area contributed by atoms with Crippen LogP contribution in [-0.4, -0.2) is 36.6 Å². The van der Waals surface area contributed by atoms with E-state index in [2.05, 4.69) is 63.6 Å². The summed E-state index contributed by atoms with van der Waals surface area (Å²) in [7, 11) is 0. The van der Waals surface area contributed by atoms with Crippen LogP contribution in [0.2, 0.25) is 0 Å². The fourth-order valence-corrected chi connectivity index (χ4v) is 6.23. The first-order chi connectivity index (χ1) is 17.2. The number of hydrazine groups is 3. The highest BCUT2D eigenvalue weighted by Crippen LogP contribution is 2.65. The van der Waals surface area contributed by atoms with Crippen LogP contribution < -0.4 is 32.0 Å². The topological polar surface area (TPSA) is 98.9 Å². The van der Waals surface area contributed by atoms with E-state index in [1.165, 1.54) is 12.0 Å². The normalized spacial score (nSPS) is 29.1. The molecule has 35 heavy (non-hydrogen) atoms. The smallest absolute Gasteiger partial charge is 0.251 e. The van der Waals surface area contributed by atoms with E-state index in [0.717, 1.165) is 67.9 Å². The lowest BCUT2D eigenvalue weighted by Crippen LogP contribution is -2.44. The van der Waals surface area contributed by atoms with Gasteiger partial charge in [-0.05, 0) is 66.7 Å². The molecule has 2 aromatic rings. The van der Waals surface area contributed by atoms with Crippen molar-refractivity contribution in [2.45, 2.75) is 56.5 Å². The van der Waals surface area contributed by atoms with Gasteiger partial charge in [-0.15, -0.1) is 0 Å². The predicted octanol–water partition coefficient (Wildman–Crippen LogP) is 2.58. The number of nitrogens with zero attached hydrogens (tertiary/aromatic N) is 1. The van der Waals surface area contributed by atoms with E-state index >= 15 is 0 Å². The highest BCUT2D eigenvalue weighted by atomic mass is 16.5. The Morgan fingerprint density at radius 1 is 0.971 bits per heavy atom. The molecule has 1 unspecified atom stereocenters. The van der Waals surface area contributed by atoms with Gasteiger partial charge < -0.3 is 19.7 Å². The standard InChI is InChI=1S/C26H32N6O3/c33-25(22-2-1-13-34-22)32-11-9-26(10-12-32)15-19(26)16-3-5-17(6-4-16)24-27-20-14-18(7-8-21(20)35-24)23-28-30-31-29-23/h3-8,14,19,22-24,27-31H,1-2,9-13,15H2/t19-,22-,24?/m1/s1. The van der Waals surface area contributed by atoms with Crippen molar-refractivity contribution in [3.8, 4) is 5.75 Å². The molecule has 0 radical (unpaired) electrons. The number of benzene rings is 2. The Morgan fingerprint density at radius 2 is 1.71 bits per heavy atom. The van der Waals surface area contributed by atoms with Crippen LogP contribution in [0.1, 0.15) is 67.1 Å². The summed E-state index contributed by atoms with van der Waals surface area (Å²) in [6, 6.07) is 15.1. The van der Waals surface area contributed by atoms with E-state index in [0.29, 0.717) is 11.3 Å². The van der Waals surface area contributed by atoms with E-state index < -0.39 is 0 Å². The molecule has 1 spiro atoms. The molecule has 1 aliphatic carbocycles. The van der Waals surface area contributed by atoms with Gasteiger partial charge in [0.05, 0.1) is 5.69 Å². The molecule has 2 aromatic carbocycles. The molecule has 0 bridgehead atoms. The average molecular weight is 477 g/mol. The lowest BCUT2D eigenvalue weighted by atomic mass is 9.88. The van der Waals surface area contributed by atoms with Crippen molar-refractivity contribution in [2.75, 3.05) is 25.0 Å². The van der Waals surface area contributed by atoms with Crippen molar-refractivity contribution in [1.29, 1.82) is 0 Å². The summed E-state index contributed by atoms with van der Waals surface area (Å²) in [5.74, 6) is 1.68. The van der Waals surface area contributed by atoms with Crippen molar-refractivity contribution >= 4 is 11.6 Å².